The van der Waals surface area contributed by atoms with Crippen LogP contribution in [0.4, 0.5) is 14.5 Å². The largest absolute Gasteiger partial charge is 0.324 e. The number of aromatic nitrogens is 1. The van der Waals surface area contributed by atoms with Gasteiger partial charge in [0, 0.05) is 23.9 Å². The van der Waals surface area contributed by atoms with Gasteiger partial charge in [0.15, 0.2) is 9.84 Å². The van der Waals surface area contributed by atoms with E-state index in [1.54, 1.807) is 0 Å². The zero-order chi connectivity index (χ0) is 19.6. The predicted octanol–water partition coefficient (Wildman–Crippen LogP) is 2.08. The fraction of sp³-hybridized carbons (Fsp3) is 0.333. The van der Waals surface area contributed by atoms with Crippen molar-refractivity contribution < 1.29 is 22.0 Å². The molecule has 2 aromatic rings. The number of halogens is 2. The van der Waals surface area contributed by atoms with E-state index in [4.69, 9.17) is 0 Å². The number of hydrogen-bond acceptors (Lipinski definition) is 4. The summed E-state index contributed by atoms with van der Waals surface area (Å²) >= 11 is 0. The molecule has 9 heteroatoms. The number of benzene rings is 1. The summed E-state index contributed by atoms with van der Waals surface area (Å²) in [7, 11) is -3.49. The summed E-state index contributed by atoms with van der Waals surface area (Å²) in [5.41, 5.74) is -0.109. The molecule has 1 amide bonds. The zero-order valence-electron chi connectivity index (χ0n) is 14.3. The van der Waals surface area contributed by atoms with Crippen molar-refractivity contribution in [3.05, 3.63) is 64.1 Å². The number of rotatable bonds is 4. The molecule has 1 N–H and O–H groups in total. The Morgan fingerprint density at radius 3 is 2.67 bits per heavy atom. The van der Waals surface area contributed by atoms with E-state index in [-0.39, 0.29) is 30.0 Å². The Bertz CT molecular complexity index is 1030. The van der Waals surface area contributed by atoms with Crippen LogP contribution < -0.4 is 10.9 Å². The Morgan fingerprint density at radius 2 is 1.96 bits per heavy atom. The Hall–Kier alpha value is -2.55. The van der Waals surface area contributed by atoms with Gasteiger partial charge in [0.1, 0.15) is 16.9 Å². The summed E-state index contributed by atoms with van der Waals surface area (Å²) in [6.07, 6.45) is 2.76. The van der Waals surface area contributed by atoms with Gasteiger partial charge in [-0.2, -0.15) is 0 Å². The highest BCUT2D eigenvalue weighted by Crippen LogP contribution is 2.21. The van der Waals surface area contributed by atoms with E-state index >= 15 is 0 Å². The molecule has 1 aromatic heterocycles. The van der Waals surface area contributed by atoms with Gasteiger partial charge >= 0.3 is 0 Å². The van der Waals surface area contributed by atoms with E-state index < -0.39 is 38.2 Å². The Labute approximate surface area is 154 Å². The maximum Gasteiger partial charge on any atom is 0.250 e. The predicted molar refractivity (Wildman–Crippen MR) is 96.2 cm³/mol. The van der Waals surface area contributed by atoms with Crippen molar-refractivity contribution in [3.8, 4) is 0 Å². The number of carbonyl (C=O) groups excluding carboxylic acids is 1. The molecule has 2 heterocycles. The Morgan fingerprint density at radius 1 is 1.19 bits per heavy atom. The third-order valence-corrected chi connectivity index (χ3v) is 6.65. The van der Waals surface area contributed by atoms with Gasteiger partial charge in [0.05, 0.1) is 18.0 Å². The molecular formula is C18H18F2N2O4S. The monoisotopic (exact) mass is 396 g/mol. The number of hydrogen-bond donors (Lipinski definition) is 1. The highest BCUT2D eigenvalue weighted by atomic mass is 32.2. The van der Waals surface area contributed by atoms with Crippen LogP contribution in [0, 0.1) is 11.6 Å². The number of nitrogens with one attached hydrogen (secondary N) is 1. The third kappa shape index (κ3) is 4.41. The molecule has 0 bridgehead atoms. The van der Waals surface area contributed by atoms with Gasteiger partial charge in [-0.1, -0.05) is 12.5 Å². The fourth-order valence-corrected chi connectivity index (χ4v) is 4.84. The van der Waals surface area contributed by atoms with E-state index in [1.807, 2.05) is 0 Å². The summed E-state index contributed by atoms with van der Waals surface area (Å²) in [6.45, 7) is -0.156. The molecule has 1 aromatic carbocycles. The smallest absolute Gasteiger partial charge is 0.250 e. The molecule has 3 rings (SSSR count). The molecule has 144 valence electrons. The van der Waals surface area contributed by atoms with Crippen LogP contribution in [-0.4, -0.2) is 29.9 Å². The van der Waals surface area contributed by atoms with E-state index in [2.05, 4.69) is 5.32 Å². The topological polar surface area (TPSA) is 85.2 Å². The van der Waals surface area contributed by atoms with E-state index in [0.717, 1.165) is 16.7 Å². The lowest BCUT2D eigenvalue weighted by molar-refractivity contribution is -0.116. The first-order valence-electron chi connectivity index (χ1n) is 8.43. The van der Waals surface area contributed by atoms with Gasteiger partial charge in [-0.25, -0.2) is 17.2 Å². The third-order valence-electron chi connectivity index (χ3n) is 4.48. The Balaban J connectivity index is 1.81. The molecule has 1 aliphatic heterocycles. The molecule has 1 saturated heterocycles. The number of pyridine rings is 1. The summed E-state index contributed by atoms with van der Waals surface area (Å²) in [5.74, 6) is -2.18. The van der Waals surface area contributed by atoms with Crippen LogP contribution in [0.3, 0.4) is 0 Å². The second-order valence-corrected chi connectivity index (χ2v) is 8.76. The van der Waals surface area contributed by atoms with Crippen LogP contribution in [0.2, 0.25) is 0 Å². The average molecular weight is 396 g/mol. The first-order chi connectivity index (χ1) is 12.8. The van der Waals surface area contributed by atoms with Crippen molar-refractivity contribution in [3.63, 3.8) is 0 Å². The van der Waals surface area contributed by atoms with Gasteiger partial charge in [0.2, 0.25) is 5.91 Å². The van der Waals surface area contributed by atoms with Crippen molar-refractivity contribution in [2.75, 3.05) is 11.1 Å². The molecule has 0 spiro atoms. The number of nitrogens with zero attached hydrogens (tertiary/aromatic N) is 1. The van der Waals surface area contributed by atoms with Gasteiger partial charge in [-0.05, 0) is 25.0 Å². The molecule has 0 aliphatic carbocycles. The summed E-state index contributed by atoms with van der Waals surface area (Å²) in [5, 5.41) is 1.40. The lowest BCUT2D eigenvalue weighted by Gasteiger charge is -2.21. The van der Waals surface area contributed by atoms with Crippen LogP contribution in [0.1, 0.15) is 24.8 Å². The molecule has 1 unspecified atom stereocenters. The SMILES string of the molecule is O=C(Nc1ccc(=O)n(Cc2ccc(F)cc2F)c1)C1CCCCS1(=O)=O. The summed E-state index contributed by atoms with van der Waals surface area (Å²) < 4.78 is 52.1. The van der Waals surface area contributed by atoms with Gasteiger partial charge in [-0.15, -0.1) is 0 Å². The van der Waals surface area contributed by atoms with Crippen molar-refractivity contribution in [2.24, 2.45) is 0 Å². The highest BCUT2D eigenvalue weighted by Gasteiger charge is 2.34. The van der Waals surface area contributed by atoms with Gasteiger partial charge < -0.3 is 9.88 Å². The molecule has 27 heavy (non-hydrogen) atoms. The summed E-state index contributed by atoms with van der Waals surface area (Å²) in [6, 6.07) is 5.58. The zero-order valence-corrected chi connectivity index (χ0v) is 15.1. The van der Waals surface area contributed by atoms with E-state index in [1.165, 1.54) is 24.4 Å². The van der Waals surface area contributed by atoms with E-state index in [9.17, 15) is 26.8 Å². The number of carbonyl (C=O) groups is 1. The van der Waals surface area contributed by atoms with Gasteiger partial charge in [0.25, 0.3) is 5.56 Å². The molecule has 6 nitrogen and oxygen atoms in total. The maximum absolute atomic E-state index is 13.8. The van der Waals surface area contributed by atoms with Crippen LogP contribution in [0.25, 0.3) is 0 Å². The normalized spacial score (nSPS) is 18.8. The molecule has 0 radical (unpaired) electrons. The second-order valence-electron chi connectivity index (χ2n) is 6.46. The summed E-state index contributed by atoms with van der Waals surface area (Å²) in [4.78, 5) is 24.4. The van der Waals surface area contributed by atoms with Gasteiger partial charge in [-0.3, -0.25) is 9.59 Å². The minimum atomic E-state index is -3.49. The van der Waals surface area contributed by atoms with Crippen LogP contribution in [-0.2, 0) is 21.2 Å². The Kier molecular flexibility index (Phi) is 5.41. The number of sulfone groups is 1. The molecule has 1 fully saturated rings. The number of amides is 1. The standard InChI is InChI=1S/C18H18F2N2O4S/c19-13-5-4-12(15(20)9-13)10-22-11-14(6-7-17(22)23)21-18(24)16-3-1-2-8-27(16,25)26/h4-7,9,11,16H,1-3,8,10H2,(H,21,24). The maximum atomic E-state index is 13.8. The van der Waals surface area contributed by atoms with Crippen molar-refractivity contribution >= 4 is 21.4 Å². The minimum absolute atomic E-state index is 0.0194. The quantitative estimate of drug-likeness (QED) is 0.858. The average Bonchev–Trinajstić information content (AvgIpc) is 2.59. The van der Waals surface area contributed by atoms with Crippen molar-refractivity contribution in [2.45, 2.75) is 31.1 Å². The fourth-order valence-electron chi connectivity index (χ4n) is 3.03. The van der Waals surface area contributed by atoms with E-state index in [0.29, 0.717) is 12.8 Å². The van der Waals surface area contributed by atoms with Crippen molar-refractivity contribution in [1.29, 1.82) is 0 Å². The highest BCUT2D eigenvalue weighted by molar-refractivity contribution is 7.92. The van der Waals surface area contributed by atoms with Crippen LogP contribution in [0.5, 0.6) is 0 Å². The lowest BCUT2D eigenvalue weighted by atomic mass is 10.2. The minimum Gasteiger partial charge on any atom is -0.324 e. The van der Waals surface area contributed by atoms with Crippen molar-refractivity contribution in [1.82, 2.24) is 4.57 Å². The first-order valence-corrected chi connectivity index (χ1v) is 10.1. The second kappa shape index (κ2) is 7.59. The van der Waals surface area contributed by atoms with Crippen LogP contribution in [0.15, 0.2) is 41.3 Å². The number of anilines is 1. The first kappa shape index (κ1) is 19.2. The molecule has 0 saturated carbocycles. The lowest BCUT2D eigenvalue weighted by Crippen LogP contribution is -2.39. The van der Waals surface area contributed by atoms with Crippen LogP contribution >= 0.6 is 0 Å². The molecule has 1 atom stereocenters. The molecular weight excluding hydrogens is 378 g/mol. The molecule has 1 aliphatic rings.